The van der Waals surface area contributed by atoms with E-state index in [4.69, 9.17) is 11.5 Å². The van der Waals surface area contributed by atoms with Gasteiger partial charge in [-0.05, 0) is 37.8 Å². The van der Waals surface area contributed by atoms with E-state index in [9.17, 15) is 0 Å². The Bertz CT molecular complexity index is 256. The highest BCUT2D eigenvalue weighted by molar-refractivity contribution is 7.12. The van der Waals surface area contributed by atoms with Crippen molar-refractivity contribution >= 4 is 11.3 Å². The summed E-state index contributed by atoms with van der Waals surface area (Å²) in [6, 6.07) is 4.99. The van der Waals surface area contributed by atoms with Gasteiger partial charge < -0.3 is 11.5 Å². The van der Waals surface area contributed by atoms with E-state index in [1.165, 1.54) is 9.75 Å². The predicted octanol–water partition coefficient (Wildman–Crippen LogP) is 2.31. The Morgan fingerprint density at radius 3 is 1.73 bits per heavy atom. The number of nitrogens with two attached hydrogens (primary N) is 2. The first-order chi connectivity index (χ1) is 7.15. The van der Waals surface area contributed by atoms with E-state index in [2.05, 4.69) is 26.0 Å². The summed E-state index contributed by atoms with van der Waals surface area (Å²) < 4.78 is 0. The van der Waals surface area contributed by atoms with Crippen molar-refractivity contribution in [3.05, 3.63) is 21.9 Å². The third-order valence-electron chi connectivity index (χ3n) is 2.69. The van der Waals surface area contributed by atoms with Gasteiger partial charge in [0.15, 0.2) is 0 Å². The largest absolute Gasteiger partial charge is 0.327 e. The minimum absolute atomic E-state index is 0.302. The van der Waals surface area contributed by atoms with Gasteiger partial charge in [0.2, 0.25) is 0 Å². The van der Waals surface area contributed by atoms with Crippen LogP contribution in [0.1, 0.15) is 36.4 Å². The molecular weight excluding hydrogens is 204 g/mol. The van der Waals surface area contributed by atoms with Gasteiger partial charge in [0.1, 0.15) is 0 Å². The van der Waals surface area contributed by atoms with Crippen LogP contribution in [0.5, 0.6) is 0 Å². The molecule has 15 heavy (non-hydrogen) atoms. The van der Waals surface area contributed by atoms with E-state index in [0.29, 0.717) is 12.1 Å². The predicted molar refractivity (Wildman–Crippen MR) is 68.3 cm³/mol. The lowest BCUT2D eigenvalue weighted by Crippen LogP contribution is -2.21. The Morgan fingerprint density at radius 2 is 1.40 bits per heavy atom. The van der Waals surface area contributed by atoms with Gasteiger partial charge >= 0.3 is 0 Å². The summed E-state index contributed by atoms with van der Waals surface area (Å²) in [5.74, 6) is 0. The third kappa shape index (κ3) is 4.33. The van der Waals surface area contributed by atoms with Crippen LogP contribution in [0.15, 0.2) is 12.1 Å². The summed E-state index contributed by atoms with van der Waals surface area (Å²) in [7, 11) is 0. The van der Waals surface area contributed by atoms with Crippen molar-refractivity contribution < 1.29 is 0 Å². The highest BCUT2D eigenvalue weighted by Gasteiger charge is 2.07. The molecule has 0 radical (unpaired) electrons. The Hall–Kier alpha value is -0.380. The molecule has 2 unspecified atom stereocenters. The molecular formula is C12H22N2S. The zero-order valence-corrected chi connectivity index (χ0v) is 10.5. The van der Waals surface area contributed by atoms with Crippen molar-refractivity contribution in [3.8, 4) is 0 Å². The van der Waals surface area contributed by atoms with E-state index in [1.54, 1.807) is 0 Å². The van der Waals surface area contributed by atoms with Crippen molar-refractivity contribution in [1.29, 1.82) is 0 Å². The fourth-order valence-electron chi connectivity index (χ4n) is 1.45. The Labute approximate surface area is 96.7 Å². The van der Waals surface area contributed by atoms with Crippen LogP contribution in [0.2, 0.25) is 0 Å². The fraction of sp³-hybridized carbons (Fsp3) is 0.667. The standard InChI is InChI=1S/C12H22N2S/c1-3-9(13)7-11-5-6-12(15-11)8-10(14)4-2/h5-6,9-10H,3-4,7-8,13-14H2,1-2H3. The van der Waals surface area contributed by atoms with Gasteiger partial charge in [0.05, 0.1) is 0 Å². The number of hydrogen-bond acceptors (Lipinski definition) is 3. The maximum Gasteiger partial charge on any atom is 0.00845 e. The molecule has 1 rings (SSSR count). The van der Waals surface area contributed by atoms with E-state index in [0.717, 1.165) is 25.7 Å². The van der Waals surface area contributed by atoms with Crippen LogP contribution in [0, 0.1) is 0 Å². The molecule has 2 nitrogen and oxygen atoms in total. The first kappa shape index (κ1) is 12.7. The minimum atomic E-state index is 0.302. The zero-order valence-electron chi connectivity index (χ0n) is 9.70. The molecule has 4 N–H and O–H groups in total. The first-order valence-electron chi connectivity index (χ1n) is 5.74. The highest BCUT2D eigenvalue weighted by atomic mass is 32.1. The molecule has 0 aliphatic rings. The van der Waals surface area contributed by atoms with Gasteiger partial charge in [-0.15, -0.1) is 11.3 Å². The van der Waals surface area contributed by atoms with E-state index in [1.807, 2.05) is 11.3 Å². The molecule has 0 aliphatic heterocycles. The molecule has 0 fully saturated rings. The van der Waals surface area contributed by atoms with Gasteiger partial charge in [-0.2, -0.15) is 0 Å². The zero-order chi connectivity index (χ0) is 11.3. The van der Waals surface area contributed by atoms with E-state index < -0.39 is 0 Å². The molecule has 0 saturated carbocycles. The monoisotopic (exact) mass is 226 g/mol. The SMILES string of the molecule is CCC(N)Cc1ccc(CC(N)CC)s1. The van der Waals surface area contributed by atoms with Gasteiger partial charge in [-0.25, -0.2) is 0 Å². The lowest BCUT2D eigenvalue weighted by molar-refractivity contribution is 0.651. The molecule has 1 heterocycles. The molecule has 2 atom stereocenters. The van der Waals surface area contributed by atoms with Gasteiger partial charge in [0.25, 0.3) is 0 Å². The summed E-state index contributed by atoms with van der Waals surface area (Å²) in [6.07, 6.45) is 4.09. The van der Waals surface area contributed by atoms with Crippen molar-refractivity contribution in [2.24, 2.45) is 11.5 Å². The fourth-order valence-corrected chi connectivity index (χ4v) is 2.65. The van der Waals surface area contributed by atoms with Crippen LogP contribution in [-0.2, 0) is 12.8 Å². The second-order valence-electron chi connectivity index (χ2n) is 4.11. The summed E-state index contributed by atoms with van der Waals surface area (Å²) >= 11 is 1.86. The number of thiophene rings is 1. The smallest absolute Gasteiger partial charge is 0.00845 e. The topological polar surface area (TPSA) is 52.0 Å². The first-order valence-corrected chi connectivity index (χ1v) is 6.56. The maximum absolute atomic E-state index is 5.92. The lowest BCUT2D eigenvalue weighted by atomic mass is 10.1. The van der Waals surface area contributed by atoms with Gasteiger partial charge in [-0.1, -0.05) is 13.8 Å². The van der Waals surface area contributed by atoms with Crippen LogP contribution >= 0.6 is 11.3 Å². The highest BCUT2D eigenvalue weighted by Crippen LogP contribution is 2.19. The normalized spacial score (nSPS) is 15.2. The van der Waals surface area contributed by atoms with Crippen LogP contribution < -0.4 is 11.5 Å². The molecule has 0 bridgehead atoms. The summed E-state index contributed by atoms with van der Waals surface area (Å²) in [6.45, 7) is 4.26. The Morgan fingerprint density at radius 1 is 1.00 bits per heavy atom. The van der Waals surface area contributed by atoms with Crippen LogP contribution in [0.3, 0.4) is 0 Å². The second kappa shape index (κ2) is 6.26. The van der Waals surface area contributed by atoms with Crippen LogP contribution in [-0.4, -0.2) is 12.1 Å². The quantitative estimate of drug-likeness (QED) is 0.782. The van der Waals surface area contributed by atoms with Gasteiger partial charge in [0, 0.05) is 21.8 Å². The van der Waals surface area contributed by atoms with Crippen LogP contribution in [0.4, 0.5) is 0 Å². The average Bonchev–Trinajstić information content (AvgIpc) is 2.65. The number of rotatable bonds is 6. The molecule has 1 aromatic heterocycles. The van der Waals surface area contributed by atoms with E-state index in [-0.39, 0.29) is 0 Å². The minimum Gasteiger partial charge on any atom is -0.327 e. The molecule has 3 heteroatoms. The van der Waals surface area contributed by atoms with Crippen LogP contribution in [0.25, 0.3) is 0 Å². The maximum atomic E-state index is 5.92. The molecule has 0 saturated heterocycles. The molecule has 0 spiro atoms. The molecule has 1 aromatic rings. The van der Waals surface area contributed by atoms with Crippen molar-refractivity contribution in [3.63, 3.8) is 0 Å². The summed E-state index contributed by atoms with van der Waals surface area (Å²) in [5.41, 5.74) is 11.8. The molecule has 0 aliphatic carbocycles. The number of hydrogen-bond donors (Lipinski definition) is 2. The Balaban J connectivity index is 2.49. The van der Waals surface area contributed by atoms with Crippen molar-refractivity contribution in [2.45, 2.75) is 51.6 Å². The molecule has 0 amide bonds. The van der Waals surface area contributed by atoms with Gasteiger partial charge in [-0.3, -0.25) is 0 Å². The molecule has 86 valence electrons. The molecule has 0 aromatic carbocycles. The van der Waals surface area contributed by atoms with Crippen molar-refractivity contribution in [2.75, 3.05) is 0 Å². The Kier molecular flexibility index (Phi) is 5.29. The van der Waals surface area contributed by atoms with E-state index >= 15 is 0 Å². The summed E-state index contributed by atoms with van der Waals surface area (Å²) in [5, 5.41) is 0. The summed E-state index contributed by atoms with van der Waals surface area (Å²) in [4.78, 5) is 2.78. The lowest BCUT2D eigenvalue weighted by Gasteiger charge is -2.06. The average molecular weight is 226 g/mol. The van der Waals surface area contributed by atoms with Crippen molar-refractivity contribution in [1.82, 2.24) is 0 Å². The third-order valence-corrected chi connectivity index (χ3v) is 3.82. The second-order valence-corrected chi connectivity index (χ2v) is 5.37.